The topological polar surface area (TPSA) is 64.3 Å². The number of ether oxygens (including phenoxy) is 1. The lowest BCUT2D eigenvalue weighted by Gasteiger charge is -2.13. The van der Waals surface area contributed by atoms with Crippen molar-refractivity contribution in [3.05, 3.63) is 53.6 Å². The fourth-order valence-electron chi connectivity index (χ4n) is 2.19. The highest BCUT2D eigenvalue weighted by Gasteiger charge is 2.11. The number of nitrogen functional groups attached to an aromatic ring is 1. The summed E-state index contributed by atoms with van der Waals surface area (Å²) in [5.41, 5.74) is 10.0. The summed E-state index contributed by atoms with van der Waals surface area (Å²) < 4.78 is 5.17. The first-order valence-corrected chi connectivity index (χ1v) is 7.84. The third-order valence-corrected chi connectivity index (χ3v) is 3.49. The first-order chi connectivity index (χ1) is 10.9. The highest BCUT2D eigenvalue weighted by atomic mass is 16.5. The number of benzene rings is 2. The summed E-state index contributed by atoms with van der Waals surface area (Å²) >= 11 is 0. The van der Waals surface area contributed by atoms with Crippen LogP contribution in [0.3, 0.4) is 0 Å². The molecular weight excluding hydrogens is 288 g/mol. The van der Waals surface area contributed by atoms with Gasteiger partial charge in [-0.25, -0.2) is 4.79 Å². The molecule has 0 aliphatic heterocycles. The van der Waals surface area contributed by atoms with E-state index in [0.29, 0.717) is 17.2 Å². The molecule has 2 rings (SSSR count). The van der Waals surface area contributed by atoms with E-state index >= 15 is 0 Å². The molecule has 0 aromatic heterocycles. The van der Waals surface area contributed by atoms with Crippen molar-refractivity contribution in [2.45, 2.75) is 39.7 Å². The van der Waals surface area contributed by atoms with Crippen LogP contribution in [0.2, 0.25) is 0 Å². The van der Waals surface area contributed by atoms with Crippen LogP contribution in [0.25, 0.3) is 0 Å². The van der Waals surface area contributed by atoms with Crippen molar-refractivity contribution in [1.82, 2.24) is 0 Å². The Morgan fingerprint density at radius 1 is 1.04 bits per heavy atom. The van der Waals surface area contributed by atoms with Gasteiger partial charge in [0, 0.05) is 5.69 Å². The molecule has 0 unspecified atom stereocenters. The molecule has 0 spiro atoms. The standard InChI is InChI=1S/C19H24N2O2/c1-12(2)14-5-8-16(9-6-14)21-18-10-7-15(11-17(18)20)19(22)23-13(3)4/h5-13,21H,20H2,1-4H3. The van der Waals surface area contributed by atoms with Crippen molar-refractivity contribution < 1.29 is 9.53 Å². The molecule has 23 heavy (non-hydrogen) atoms. The van der Waals surface area contributed by atoms with Crippen LogP contribution in [0, 0.1) is 0 Å². The predicted molar refractivity (Wildman–Crippen MR) is 95.2 cm³/mol. The monoisotopic (exact) mass is 312 g/mol. The van der Waals surface area contributed by atoms with Crippen LogP contribution in [0.5, 0.6) is 0 Å². The number of nitrogens with two attached hydrogens (primary N) is 1. The molecule has 2 aromatic carbocycles. The maximum Gasteiger partial charge on any atom is 0.338 e. The Kier molecular flexibility index (Phi) is 5.27. The lowest BCUT2D eigenvalue weighted by Crippen LogP contribution is -2.12. The van der Waals surface area contributed by atoms with E-state index in [2.05, 4.69) is 31.3 Å². The Morgan fingerprint density at radius 3 is 2.22 bits per heavy atom. The van der Waals surface area contributed by atoms with E-state index in [-0.39, 0.29) is 12.1 Å². The smallest absolute Gasteiger partial charge is 0.338 e. The predicted octanol–water partition coefficient (Wildman–Crippen LogP) is 4.70. The van der Waals surface area contributed by atoms with E-state index in [1.165, 1.54) is 5.56 Å². The molecule has 0 heterocycles. The largest absolute Gasteiger partial charge is 0.459 e. The van der Waals surface area contributed by atoms with E-state index in [1.54, 1.807) is 18.2 Å². The van der Waals surface area contributed by atoms with Gasteiger partial charge in [0.15, 0.2) is 0 Å². The molecule has 2 aromatic rings. The summed E-state index contributed by atoms with van der Waals surface area (Å²) in [5.74, 6) is 0.139. The zero-order valence-corrected chi connectivity index (χ0v) is 14.1. The second kappa shape index (κ2) is 7.18. The zero-order valence-electron chi connectivity index (χ0n) is 14.1. The number of carbonyl (C=O) groups excluding carboxylic acids is 1. The summed E-state index contributed by atoms with van der Waals surface area (Å²) in [5, 5.41) is 3.27. The summed E-state index contributed by atoms with van der Waals surface area (Å²) in [4.78, 5) is 11.9. The molecule has 0 bridgehead atoms. The molecule has 0 fully saturated rings. The van der Waals surface area contributed by atoms with E-state index < -0.39 is 0 Å². The van der Waals surface area contributed by atoms with Crippen LogP contribution < -0.4 is 11.1 Å². The quantitative estimate of drug-likeness (QED) is 0.620. The van der Waals surface area contributed by atoms with E-state index in [9.17, 15) is 4.79 Å². The van der Waals surface area contributed by atoms with E-state index in [1.807, 2.05) is 26.0 Å². The first-order valence-electron chi connectivity index (χ1n) is 7.84. The van der Waals surface area contributed by atoms with Crippen molar-refractivity contribution in [2.24, 2.45) is 0 Å². The van der Waals surface area contributed by atoms with Crippen LogP contribution in [-0.4, -0.2) is 12.1 Å². The number of hydrogen-bond acceptors (Lipinski definition) is 4. The van der Waals surface area contributed by atoms with Crippen LogP contribution >= 0.6 is 0 Å². The molecule has 3 N–H and O–H groups in total. The highest BCUT2D eigenvalue weighted by molar-refractivity contribution is 5.92. The Labute approximate surface area is 137 Å². The second-order valence-corrected chi connectivity index (χ2v) is 6.16. The molecule has 4 heteroatoms. The minimum Gasteiger partial charge on any atom is -0.459 e. The first kappa shape index (κ1) is 16.9. The van der Waals surface area contributed by atoms with Crippen molar-refractivity contribution in [3.8, 4) is 0 Å². The lowest BCUT2D eigenvalue weighted by molar-refractivity contribution is 0.0378. The van der Waals surface area contributed by atoms with E-state index in [4.69, 9.17) is 10.5 Å². The Balaban J connectivity index is 2.13. The molecule has 4 nitrogen and oxygen atoms in total. The normalized spacial score (nSPS) is 10.9. The lowest BCUT2D eigenvalue weighted by atomic mass is 10.0. The fourth-order valence-corrected chi connectivity index (χ4v) is 2.19. The van der Waals surface area contributed by atoms with Gasteiger partial charge in [-0.3, -0.25) is 0 Å². The molecule has 0 atom stereocenters. The van der Waals surface area contributed by atoms with Crippen molar-refractivity contribution in [3.63, 3.8) is 0 Å². The van der Waals surface area contributed by atoms with Crippen LogP contribution in [0.4, 0.5) is 17.1 Å². The molecule has 0 aliphatic rings. The van der Waals surface area contributed by atoms with Gasteiger partial charge in [0.2, 0.25) is 0 Å². The van der Waals surface area contributed by atoms with Gasteiger partial charge in [0.25, 0.3) is 0 Å². The number of hydrogen-bond donors (Lipinski definition) is 2. The molecule has 0 radical (unpaired) electrons. The van der Waals surface area contributed by atoms with Crippen molar-refractivity contribution >= 4 is 23.0 Å². The van der Waals surface area contributed by atoms with Crippen LogP contribution in [-0.2, 0) is 4.74 Å². The number of anilines is 3. The van der Waals surface area contributed by atoms with Gasteiger partial charge in [0.05, 0.1) is 23.0 Å². The Hall–Kier alpha value is -2.49. The van der Waals surface area contributed by atoms with Crippen molar-refractivity contribution in [1.29, 1.82) is 0 Å². The van der Waals surface area contributed by atoms with Gasteiger partial charge >= 0.3 is 5.97 Å². The molecule has 0 amide bonds. The molecule has 0 saturated heterocycles. The fraction of sp³-hybridized carbons (Fsp3) is 0.316. The van der Waals surface area contributed by atoms with Gasteiger partial charge in [-0.05, 0) is 55.7 Å². The minimum absolute atomic E-state index is 0.152. The summed E-state index contributed by atoms with van der Waals surface area (Å²) in [7, 11) is 0. The van der Waals surface area contributed by atoms with E-state index in [0.717, 1.165) is 11.4 Å². The zero-order chi connectivity index (χ0) is 17.0. The number of rotatable bonds is 5. The molecule has 0 aliphatic carbocycles. The highest BCUT2D eigenvalue weighted by Crippen LogP contribution is 2.26. The van der Waals surface area contributed by atoms with Crippen LogP contribution in [0.1, 0.15) is 49.5 Å². The summed E-state index contributed by atoms with van der Waals surface area (Å²) in [6, 6.07) is 13.4. The maximum atomic E-state index is 11.9. The third-order valence-electron chi connectivity index (χ3n) is 3.49. The molecule has 122 valence electrons. The number of nitrogens with one attached hydrogen (secondary N) is 1. The SMILES string of the molecule is CC(C)OC(=O)c1ccc(Nc2ccc(C(C)C)cc2)c(N)c1. The van der Waals surface area contributed by atoms with Gasteiger partial charge < -0.3 is 15.8 Å². The Morgan fingerprint density at radius 2 is 1.70 bits per heavy atom. The van der Waals surface area contributed by atoms with Crippen LogP contribution in [0.15, 0.2) is 42.5 Å². The summed E-state index contributed by atoms with van der Waals surface area (Å²) in [6.45, 7) is 7.96. The summed E-state index contributed by atoms with van der Waals surface area (Å²) in [6.07, 6.45) is -0.152. The Bertz CT molecular complexity index is 676. The van der Waals surface area contributed by atoms with Gasteiger partial charge in [-0.2, -0.15) is 0 Å². The number of esters is 1. The van der Waals surface area contributed by atoms with Gasteiger partial charge in [0.1, 0.15) is 0 Å². The number of carbonyl (C=O) groups is 1. The second-order valence-electron chi connectivity index (χ2n) is 6.16. The average Bonchev–Trinajstić information content (AvgIpc) is 2.49. The van der Waals surface area contributed by atoms with Gasteiger partial charge in [-0.1, -0.05) is 26.0 Å². The molecule has 0 saturated carbocycles. The average molecular weight is 312 g/mol. The van der Waals surface area contributed by atoms with Gasteiger partial charge in [-0.15, -0.1) is 0 Å². The third kappa shape index (κ3) is 4.49. The minimum atomic E-state index is -0.362. The van der Waals surface area contributed by atoms with Crippen molar-refractivity contribution in [2.75, 3.05) is 11.1 Å². The maximum absolute atomic E-state index is 11.9. The molecular formula is C19H24N2O2.